The van der Waals surface area contributed by atoms with Gasteiger partial charge in [0.15, 0.2) is 0 Å². The number of hydrogen-bond acceptors (Lipinski definition) is 5. The summed E-state index contributed by atoms with van der Waals surface area (Å²) in [4.78, 5) is 4.22. The Morgan fingerprint density at radius 3 is 3.31 bits per heavy atom. The molecular weight excluding hydrogens is 208 g/mol. The van der Waals surface area contributed by atoms with E-state index in [4.69, 9.17) is 13.9 Å². The highest BCUT2D eigenvalue weighted by Crippen LogP contribution is 2.15. The van der Waals surface area contributed by atoms with Crippen molar-refractivity contribution < 1.29 is 13.9 Å². The van der Waals surface area contributed by atoms with Gasteiger partial charge in [-0.3, -0.25) is 0 Å². The van der Waals surface area contributed by atoms with E-state index in [-0.39, 0.29) is 0 Å². The van der Waals surface area contributed by atoms with Crippen molar-refractivity contribution in [1.82, 2.24) is 10.3 Å². The minimum Gasteiger partial charge on any atom is -0.450 e. The molecule has 1 saturated heterocycles. The third kappa shape index (κ3) is 3.21. The second-order valence-corrected chi connectivity index (χ2v) is 3.93. The maximum absolute atomic E-state index is 5.46. The van der Waals surface area contributed by atoms with Gasteiger partial charge >= 0.3 is 6.08 Å². The quantitative estimate of drug-likeness (QED) is 0.789. The molecule has 90 valence electrons. The highest BCUT2D eigenvalue weighted by atomic mass is 16.6. The number of oxazole rings is 1. The fourth-order valence-corrected chi connectivity index (χ4v) is 1.59. The van der Waals surface area contributed by atoms with Crippen molar-refractivity contribution in [3.8, 4) is 6.08 Å². The van der Waals surface area contributed by atoms with Gasteiger partial charge < -0.3 is 19.2 Å². The van der Waals surface area contributed by atoms with E-state index in [0.29, 0.717) is 18.6 Å². The van der Waals surface area contributed by atoms with E-state index in [1.54, 1.807) is 6.26 Å². The topological polar surface area (TPSA) is 56.5 Å². The van der Waals surface area contributed by atoms with Crippen molar-refractivity contribution in [1.29, 1.82) is 0 Å². The molecule has 1 aliphatic rings. The lowest BCUT2D eigenvalue weighted by Gasteiger charge is -2.05. The summed E-state index contributed by atoms with van der Waals surface area (Å²) in [6.07, 6.45) is 3.05. The van der Waals surface area contributed by atoms with Gasteiger partial charge in [0.2, 0.25) is 0 Å². The zero-order valence-electron chi connectivity index (χ0n) is 9.57. The largest absolute Gasteiger partial charge is 0.450 e. The summed E-state index contributed by atoms with van der Waals surface area (Å²) in [6.45, 7) is 5.94. The Balaban J connectivity index is 1.73. The van der Waals surface area contributed by atoms with Gasteiger partial charge in [0, 0.05) is 19.1 Å². The first kappa shape index (κ1) is 11.4. The third-order valence-electron chi connectivity index (χ3n) is 2.55. The van der Waals surface area contributed by atoms with E-state index < -0.39 is 0 Å². The number of ether oxygens (including phenoxy) is 2. The van der Waals surface area contributed by atoms with Gasteiger partial charge in [0.05, 0.1) is 18.9 Å². The summed E-state index contributed by atoms with van der Waals surface area (Å²) in [5.74, 6) is 0.476. The predicted octanol–water partition coefficient (Wildman–Crippen LogP) is 1.20. The summed E-state index contributed by atoms with van der Waals surface area (Å²) in [7, 11) is 0. The Labute approximate surface area is 95.1 Å². The molecule has 5 nitrogen and oxygen atoms in total. The SMILES string of the molecule is CCNCc1coc(OCC2CCOC2)n1. The average molecular weight is 226 g/mol. The summed E-state index contributed by atoms with van der Waals surface area (Å²) in [5.41, 5.74) is 0.875. The zero-order chi connectivity index (χ0) is 11.2. The first-order valence-corrected chi connectivity index (χ1v) is 5.74. The van der Waals surface area contributed by atoms with Crippen LogP contribution in [0.2, 0.25) is 0 Å². The van der Waals surface area contributed by atoms with Crippen molar-refractivity contribution >= 4 is 0 Å². The molecule has 5 heteroatoms. The predicted molar refractivity (Wildman–Crippen MR) is 58.3 cm³/mol. The van der Waals surface area contributed by atoms with Crippen molar-refractivity contribution in [3.63, 3.8) is 0 Å². The monoisotopic (exact) mass is 226 g/mol. The first-order chi connectivity index (χ1) is 7.88. The molecule has 1 aliphatic heterocycles. The highest BCUT2D eigenvalue weighted by molar-refractivity contribution is 4.99. The molecule has 1 unspecified atom stereocenters. The number of rotatable bonds is 6. The molecule has 0 radical (unpaired) electrons. The van der Waals surface area contributed by atoms with Crippen LogP contribution in [0, 0.1) is 5.92 Å². The molecule has 1 aromatic rings. The molecule has 2 rings (SSSR count). The van der Waals surface area contributed by atoms with Crippen LogP contribution in [0.15, 0.2) is 10.7 Å². The van der Waals surface area contributed by atoms with Crippen LogP contribution < -0.4 is 10.1 Å². The molecule has 1 atom stereocenters. The van der Waals surface area contributed by atoms with Crippen molar-refractivity contribution in [2.45, 2.75) is 19.9 Å². The van der Waals surface area contributed by atoms with Crippen LogP contribution in [-0.2, 0) is 11.3 Å². The Hall–Kier alpha value is -1.07. The van der Waals surface area contributed by atoms with Crippen LogP contribution in [0.5, 0.6) is 6.08 Å². The van der Waals surface area contributed by atoms with Crippen LogP contribution in [-0.4, -0.2) is 31.3 Å². The molecule has 1 aromatic heterocycles. The van der Waals surface area contributed by atoms with Gasteiger partial charge in [-0.1, -0.05) is 6.92 Å². The minimum atomic E-state index is 0.361. The molecule has 0 amide bonds. The molecule has 0 bridgehead atoms. The normalized spacial score (nSPS) is 20.2. The second-order valence-electron chi connectivity index (χ2n) is 3.93. The number of nitrogens with one attached hydrogen (secondary N) is 1. The average Bonchev–Trinajstić information content (AvgIpc) is 2.95. The van der Waals surface area contributed by atoms with E-state index >= 15 is 0 Å². The number of nitrogens with zero attached hydrogens (tertiary/aromatic N) is 1. The van der Waals surface area contributed by atoms with Crippen molar-refractivity contribution in [2.24, 2.45) is 5.92 Å². The van der Waals surface area contributed by atoms with E-state index in [2.05, 4.69) is 17.2 Å². The lowest BCUT2D eigenvalue weighted by molar-refractivity contribution is 0.151. The molecule has 0 aromatic carbocycles. The molecule has 1 fully saturated rings. The van der Waals surface area contributed by atoms with Gasteiger partial charge in [-0.15, -0.1) is 0 Å². The fraction of sp³-hybridized carbons (Fsp3) is 0.727. The standard InChI is InChI=1S/C11H18N2O3/c1-2-12-5-10-8-16-11(13-10)15-7-9-3-4-14-6-9/h8-9,12H,2-7H2,1H3. The Morgan fingerprint density at radius 1 is 1.62 bits per heavy atom. The maximum Gasteiger partial charge on any atom is 0.393 e. The van der Waals surface area contributed by atoms with Gasteiger partial charge in [-0.25, -0.2) is 0 Å². The number of aromatic nitrogens is 1. The summed E-state index contributed by atoms with van der Waals surface area (Å²) in [5, 5.41) is 3.18. The van der Waals surface area contributed by atoms with Gasteiger partial charge in [-0.05, 0) is 13.0 Å². The highest BCUT2D eigenvalue weighted by Gasteiger charge is 2.17. The Bertz CT molecular complexity index is 308. The second kappa shape index (κ2) is 5.86. The first-order valence-electron chi connectivity index (χ1n) is 5.74. The molecule has 0 saturated carbocycles. The van der Waals surface area contributed by atoms with E-state index in [1.807, 2.05) is 0 Å². The molecule has 0 aliphatic carbocycles. The molecule has 16 heavy (non-hydrogen) atoms. The van der Waals surface area contributed by atoms with E-state index in [1.165, 1.54) is 0 Å². The smallest absolute Gasteiger partial charge is 0.393 e. The molecule has 2 heterocycles. The van der Waals surface area contributed by atoms with Gasteiger partial charge in [0.25, 0.3) is 0 Å². The molecule has 1 N–H and O–H groups in total. The summed E-state index contributed by atoms with van der Waals surface area (Å²) in [6, 6.07) is 0. The van der Waals surface area contributed by atoms with Crippen LogP contribution in [0.1, 0.15) is 19.0 Å². The number of hydrogen-bond donors (Lipinski definition) is 1. The van der Waals surface area contributed by atoms with Gasteiger partial charge in [-0.2, -0.15) is 4.98 Å². The summed E-state index contributed by atoms with van der Waals surface area (Å²) >= 11 is 0. The van der Waals surface area contributed by atoms with Crippen LogP contribution >= 0.6 is 0 Å². The van der Waals surface area contributed by atoms with Crippen molar-refractivity contribution in [3.05, 3.63) is 12.0 Å². The van der Waals surface area contributed by atoms with Crippen LogP contribution in [0.3, 0.4) is 0 Å². The lowest BCUT2D eigenvalue weighted by Crippen LogP contribution is -2.13. The zero-order valence-corrected chi connectivity index (χ0v) is 9.57. The van der Waals surface area contributed by atoms with Crippen LogP contribution in [0.25, 0.3) is 0 Å². The fourth-order valence-electron chi connectivity index (χ4n) is 1.59. The summed E-state index contributed by atoms with van der Waals surface area (Å²) < 4.78 is 15.9. The third-order valence-corrected chi connectivity index (χ3v) is 2.55. The minimum absolute atomic E-state index is 0.361. The lowest BCUT2D eigenvalue weighted by atomic mass is 10.1. The Kier molecular flexibility index (Phi) is 4.18. The maximum atomic E-state index is 5.46. The Morgan fingerprint density at radius 2 is 2.56 bits per heavy atom. The molecular formula is C11H18N2O3. The molecule has 0 spiro atoms. The van der Waals surface area contributed by atoms with Crippen LogP contribution in [0.4, 0.5) is 0 Å². The van der Waals surface area contributed by atoms with E-state index in [0.717, 1.165) is 38.4 Å². The van der Waals surface area contributed by atoms with Crippen molar-refractivity contribution in [2.75, 3.05) is 26.4 Å². The van der Waals surface area contributed by atoms with E-state index in [9.17, 15) is 0 Å². The van der Waals surface area contributed by atoms with Gasteiger partial charge in [0.1, 0.15) is 6.26 Å².